The summed E-state index contributed by atoms with van der Waals surface area (Å²) < 4.78 is 5.67. The van der Waals surface area contributed by atoms with Crippen molar-refractivity contribution in [3.63, 3.8) is 0 Å². The van der Waals surface area contributed by atoms with Crippen LogP contribution in [0.25, 0.3) is 11.1 Å². The third-order valence-electron chi connectivity index (χ3n) is 2.92. The van der Waals surface area contributed by atoms with E-state index in [4.69, 9.17) is 0 Å². The molecular weight excluding hydrogens is 550 g/mol. The fourth-order valence-corrected chi connectivity index (χ4v) is 9.63. The molecule has 0 unspecified atom stereocenters. The second kappa shape index (κ2) is 5.92. The Balaban J connectivity index is 1.73. The van der Waals surface area contributed by atoms with Crippen molar-refractivity contribution in [3.05, 3.63) is 50.7 Å². The van der Waals surface area contributed by atoms with E-state index in [-0.39, 0.29) is 0 Å². The maximum atomic E-state index is 2.43. The third-order valence-corrected chi connectivity index (χ3v) is 12.3. The fourth-order valence-electron chi connectivity index (χ4n) is 2.01. The Morgan fingerprint density at radius 2 is 1.30 bits per heavy atom. The quantitative estimate of drug-likeness (QED) is 0.307. The highest BCUT2D eigenvalue weighted by Gasteiger charge is 2.26. The molecule has 0 radical (unpaired) electrons. The average Bonchev–Trinajstić information content (AvgIpc) is 3.09. The Morgan fingerprint density at radius 3 is 2.10 bits per heavy atom. The molecule has 4 aliphatic rings. The standard InChI is InChI=1S/C14H6I2S4/c15-11-12(16)20-14(19-11)13-17-9-5-4-7-2-1-3-8(7)6-10(9)18-13/h1-6H. The summed E-state index contributed by atoms with van der Waals surface area (Å²) >= 11 is 12.5. The van der Waals surface area contributed by atoms with Gasteiger partial charge in [-0.1, -0.05) is 71.3 Å². The third kappa shape index (κ3) is 2.68. The van der Waals surface area contributed by atoms with Gasteiger partial charge < -0.3 is 0 Å². The van der Waals surface area contributed by atoms with E-state index in [0.717, 1.165) is 0 Å². The maximum Gasteiger partial charge on any atom is 0.0716 e. The van der Waals surface area contributed by atoms with Gasteiger partial charge in [-0.15, -0.1) is 0 Å². The van der Waals surface area contributed by atoms with Crippen LogP contribution in [0.2, 0.25) is 0 Å². The van der Waals surface area contributed by atoms with Gasteiger partial charge in [0.1, 0.15) is 0 Å². The van der Waals surface area contributed by atoms with E-state index < -0.39 is 0 Å². The molecular formula is C14H6I2S4. The molecule has 100 valence electrons. The van der Waals surface area contributed by atoms with Crippen LogP contribution in [-0.4, -0.2) is 0 Å². The van der Waals surface area contributed by atoms with Gasteiger partial charge in [-0.3, -0.25) is 0 Å². The molecule has 0 bridgehead atoms. The summed E-state index contributed by atoms with van der Waals surface area (Å²) in [7, 11) is 0. The Hall–Kier alpha value is 1.04. The van der Waals surface area contributed by atoms with Crippen molar-refractivity contribution in [2.24, 2.45) is 0 Å². The van der Waals surface area contributed by atoms with E-state index in [1.54, 1.807) is 0 Å². The first-order valence-electron chi connectivity index (χ1n) is 5.74. The Kier molecular flexibility index (Phi) is 4.33. The van der Waals surface area contributed by atoms with Gasteiger partial charge in [0.25, 0.3) is 0 Å². The molecule has 0 spiro atoms. The van der Waals surface area contributed by atoms with Gasteiger partial charge in [0, 0.05) is 9.79 Å². The Bertz CT molecular complexity index is 735. The number of rotatable bonds is 0. The molecule has 0 aromatic rings. The zero-order valence-corrected chi connectivity index (χ0v) is 17.4. The molecule has 0 saturated carbocycles. The van der Waals surface area contributed by atoms with Gasteiger partial charge in [0.15, 0.2) is 0 Å². The first-order valence-corrected chi connectivity index (χ1v) is 11.2. The minimum absolute atomic E-state index is 1.32. The van der Waals surface area contributed by atoms with Crippen molar-refractivity contribution in [3.8, 4) is 11.1 Å². The molecule has 0 N–H and O–H groups in total. The van der Waals surface area contributed by atoms with E-state index in [2.05, 4.69) is 81.6 Å². The molecule has 0 amide bonds. The molecule has 2 heterocycles. The summed E-state index contributed by atoms with van der Waals surface area (Å²) in [6.07, 6.45) is 0. The number of thioether (sulfide) groups is 4. The zero-order valence-electron chi connectivity index (χ0n) is 9.85. The molecule has 4 rings (SSSR count). The molecule has 6 heteroatoms. The van der Waals surface area contributed by atoms with Crippen LogP contribution >= 0.6 is 92.2 Å². The lowest BCUT2D eigenvalue weighted by molar-refractivity contribution is 1.31. The molecule has 0 fully saturated rings. The topological polar surface area (TPSA) is 0 Å². The summed E-state index contributed by atoms with van der Waals surface area (Å²) in [5.41, 5.74) is 2.66. The van der Waals surface area contributed by atoms with Crippen LogP contribution in [0.5, 0.6) is 0 Å². The van der Waals surface area contributed by atoms with Crippen LogP contribution in [0.3, 0.4) is 0 Å². The summed E-state index contributed by atoms with van der Waals surface area (Å²) in [4.78, 5) is 2.77. The Labute approximate surface area is 162 Å². The van der Waals surface area contributed by atoms with Gasteiger partial charge >= 0.3 is 0 Å². The van der Waals surface area contributed by atoms with Gasteiger partial charge in [-0.25, -0.2) is 0 Å². The van der Waals surface area contributed by atoms with Crippen LogP contribution in [0.1, 0.15) is 0 Å². The second-order valence-corrected chi connectivity index (χ2v) is 12.5. The predicted octanol–water partition coefficient (Wildman–Crippen LogP) is 7.59. The number of hydrogen-bond donors (Lipinski definition) is 0. The van der Waals surface area contributed by atoms with Crippen LogP contribution in [-0.2, 0) is 0 Å². The van der Waals surface area contributed by atoms with Crippen molar-refractivity contribution in [2.75, 3.05) is 0 Å². The zero-order chi connectivity index (χ0) is 13.7. The Morgan fingerprint density at radius 1 is 0.650 bits per heavy atom. The van der Waals surface area contributed by atoms with Gasteiger partial charge in [0.05, 0.1) is 14.3 Å². The molecule has 0 nitrogen and oxygen atoms in total. The fraction of sp³-hybridized carbons (Fsp3) is 0. The highest BCUT2D eigenvalue weighted by molar-refractivity contribution is 14.1. The van der Waals surface area contributed by atoms with Crippen molar-refractivity contribution in [1.82, 2.24) is 0 Å². The van der Waals surface area contributed by atoms with E-state index in [1.807, 2.05) is 47.0 Å². The minimum atomic E-state index is 1.32. The SMILES string of the molecule is IC1=C(I)SC(=C2Sc3ccc4cccc-4cc3S2)S1. The van der Waals surface area contributed by atoms with E-state index in [1.165, 1.54) is 35.2 Å². The second-order valence-electron chi connectivity index (χ2n) is 4.17. The highest BCUT2D eigenvalue weighted by atomic mass is 127. The van der Waals surface area contributed by atoms with Crippen LogP contribution < -0.4 is 0 Å². The molecule has 2 aliphatic heterocycles. The average molecular weight is 556 g/mol. The van der Waals surface area contributed by atoms with Crippen LogP contribution in [0.15, 0.2) is 60.5 Å². The summed E-state index contributed by atoms with van der Waals surface area (Å²) in [5, 5.41) is 0. The summed E-state index contributed by atoms with van der Waals surface area (Å²) in [6.45, 7) is 0. The van der Waals surface area contributed by atoms with Crippen molar-refractivity contribution < 1.29 is 0 Å². The lowest BCUT2D eigenvalue weighted by Crippen LogP contribution is -1.67. The smallest absolute Gasteiger partial charge is 0.0716 e. The molecule has 2 aliphatic carbocycles. The van der Waals surface area contributed by atoms with Crippen molar-refractivity contribution in [2.45, 2.75) is 9.79 Å². The van der Waals surface area contributed by atoms with Crippen molar-refractivity contribution >= 4 is 92.2 Å². The first-order chi connectivity index (χ1) is 9.70. The van der Waals surface area contributed by atoms with Gasteiger partial charge in [-0.2, -0.15) is 0 Å². The maximum absolute atomic E-state index is 2.43. The molecule has 0 aromatic carbocycles. The summed E-state index contributed by atoms with van der Waals surface area (Å²) in [5.74, 6) is 0. The predicted molar refractivity (Wildman–Crippen MR) is 112 cm³/mol. The van der Waals surface area contributed by atoms with Crippen LogP contribution in [0.4, 0.5) is 0 Å². The van der Waals surface area contributed by atoms with E-state index >= 15 is 0 Å². The van der Waals surface area contributed by atoms with E-state index in [0.29, 0.717) is 0 Å². The van der Waals surface area contributed by atoms with Crippen LogP contribution in [0, 0.1) is 0 Å². The van der Waals surface area contributed by atoms with Gasteiger partial charge in [-0.05, 0) is 68.4 Å². The molecule has 0 aromatic heterocycles. The monoisotopic (exact) mass is 556 g/mol. The summed E-state index contributed by atoms with van der Waals surface area (Å²) in [6, 6.07) is 13.3. The van der Waals surface area contributed by atoms with Crippen molar-refractivity contribution in [1.29, 1.82) is 0 Å². The number of halogens is 2. The molecule has 20 heavy (non-hydrogen) atoms. The molecule has 0 atom stereocenters. The van der Waals surface area contributed by atoms with Gasteiger partial charge in [0.2, 0.25) is 0 Å². The highest BCUT2D eigenvalue weighted by Crippen LogP contribution is 2.62. The minimum Gasteiger partial charge on any atom is -0.0798 e. The number of hydrogen-bond acceptors (Lipinski definition) is 4. The largest absolute Gasteiger partial charge is 0.0798 e. The number of fused-ring (bicyclic) bond motifs is 2. The lowest BCUT2D eigenvalue weighted by Gasteiger charge is -1.99. The molecule has 0 saturated heterocycles. The van der Waals surface area contributed by atoms with E-state index in [9.17, 15) is 0 Å². The normalized spacial score (nSPS) is 18.3. The lowest BCUT2D eigenvalue weighted by atomic mass is 10.2. The first kappa shape index (κ1) is 14.6.